The number of Topliss-reactive ketones (excluding diaryl/α,β-unsaturated/α-hetero) is 1. The number of ketones is 1. The minimum absolute atomic E-state index is 0.124. The molecule has 1 saturated heterocycles. The number of benzene rings is 1. The van der Waals surface area contributed by atoms with Crippen LogP contribution in [0.15, 0.2) is 24.3 Å². The van der Waals surface area contributed by atoms with E-state index in [9.17, 15) is 4.79 Å². The first-order chi connectivity index (χ1) is 8.16. The van der Waals surface area contributed by atoms with E-state index in [1.54, 1.807) is 6.92 Å². The second-order valence-electron chi connectivity index (χ2n) is 4.84. The lowest BCUT2D eigenvalue weighted by molar-refractivity contribution is 0.101. The molecule has 1 aliphatic rings. The second-order valence-corrected chi connectivity index (χ2v) is 4.84. The maximum Gasteiger partial charge on any atom is 0.159 e. The van der Waals surface area contributed by atoms with Gasteiger partial charge < -0.3 is 10.2 Å². The fourth-order valence-corrected chi connectivity index (χ4v) is 2.31. The largest absolute Gasteiger partial charge is 0.374 e. The van der Waals surface area contributed by atoms with Gasteiger partial charge >= 0.3 is 0 Å². The van der Waals surface area contributed by atoms with Crippen LogP contribution in [0.3, 0.4) is 0 Å². The van der Waals surface area contributed by atoms with Gasteiger partial charge in [0.05, 0.1) is 0 Å². The Morgan fingerprint density at radius 3 is 2.65 bits per heavy atom. The minimum Gasteiger partial charge on any atom is -0.374 e. The Bertz CT molecular complexity index is 380. The average molecular weight is 232 g/mol. The summed E-state index contributed by atoms with van der Waals surface area (Å²) in [5, 5.41) is 3.38. The Labute approximate surface area is 103 Å². The van der Waals surface area contributed by atoms with E-state index in [-0.39, 0.29) is 5.78 Å². The molecule has 0 saturated carbocycles. The van der Waals surface area contributed by atoms with Crippen molar-refractivity contribution in [2.75, 3.05) is 31.6 Å². The average Bonchev–Trinajstić information content (AvgIpc) is 2.82. The predicted molar refractivity (Wildman–Crippen MR) is 70.7 cm³/mol. The molecule has 1 unspecified atom stereocenters. The van der Waals surface area contributed by atoms with Gasteiger partial charge in [0.25, 0.3) is 0 Å². The topological polar surface area (TPSA) is 32.3 Å². The summed E-state index contributed by atoms with van der Waals surface area (Å²) >= 11 is 0. The highest BCUT2D eigenvalue weighted by Crippen LogP contribution is 2.17. The molecule has 0 spiro atoms. The van der Waals surface area contributed by atoms with Crippen LogP contribution in [0, 0.1) is 5.92 Å². The lowest BCUT2D eigenvalue weighted by atomic mass is 10.1. The van der Waals surface area contributed by atoms with Crippen LogP contribution in [0.25, 0.3) is 0 Å². The molecule has 1 fully saturated rings. The minimum atomic E-state index is 0.124. The summed E-state index contributed by atoms with van der Waals surface area (Å²) in [7, 11) is 2.11. The Hall–Kier alpha value is -1.35. The molecule has 1 heterocycles. The zero-order valence-electron chi connectivity index (χ0n) is 10.6. The lowest BCUT2D eigenvalue weighted by Gasteiger charge is -2.22. The van der Waals surface area contributed by atoms with Crippen molar-refractivity contribution < 1.29 is 4.79 Å². The van der Waals surface area contributed by atoms with Gasteiger partial charge in [-0.1, -0.05) is 0 Å². The first-order valence-corrected chi connectivity index (χ1v) is 6.19. The molecule has 1 aromatic carbocycles. The Kier molecular flexibility index (Phi) is 3.79. The predicted octanol–water partition coefficient (Wildman–Crippen LogP) is 1.93. The molecule has 2 rings (SSSR count). The highest BCUT2D eigenvalue weighted by Gasteiger charge is 2.16. The van der Waals surface area contributed by atoms with Crippen molar-refractivity contribution >= 4 is 11.5 Å². The second kappa shape index (κ2) is 5.32. The molecule has 1 N–H and O–H groups in total. The molecule has 1 atom stereocenters. The van der Waals surface area contributed by atoms with E-state index in [1.807, 2.05) is 24.3 Å². The van der Waals surface area contributed by atoms with Gasteiger partial charge in [-0.2, -0.15) is 0 Å². The van der Waals surface area contributed by atoms with Gasteiger partial charge in [-0.3, -0.25) is 4.79 Å². The Morgan fingerprint density at radius 1 is 1.41 bits per heavy atom. The molecular weight excluding hydrogens is 212 g/mol. The van der Waals surface area contributed by atoms with Crippen molar-refractivity contribution in [1.82, 2.24) is 5.32 Å². The first-order valence-electron chi connectivity index (χ1n) is 6.19. The summed E-state index contributed by atoms with van der Waals surface area (Å²) in [5.74, 6) is 0.867. The highest BCUT2D eigenvalue weighted by atomic mass is 16.1. The van der Waals surface area contributed by atoms with Crippen molar-refractivity contribution in [2.45, 2.75) is 13.3 Å². The monoisotopic (exact) mass is 232 g/mol. The molecule has 3 nitrogen and oxygen atoms in total. The number of hydrogen-bond donors (Lipinski definition) is 1. The molecule has 92 valence electrons. The van der Waals surface area contributed by atoms with Crippen LogP contribution in [0.5, 0.6) is 0 Å². The van der Waals surface area contributed by atoms with Crippen LogP contribution in [0.2, 0.25) is 0 Å². The molecule has 1 aliphatic heterocycles. The fourth-order valence-electron chi connectivity index (χ4n) is 2.31. The van der Waals surface area contributed by atoms with Gasteiger partial charge in [-0.15, -0.1) is 0 Å². The third kappa shape index (κ3) is 3.07. The Morgan fingerprint density at radius 2 is 2.12 bits per heavy atom. The standard InChI is InChI=1S/C14H20N2O/c1-11(17)13-3-5-14(6-4-13)16(2)10-12-7-8-15-9-12/h3-6,12,15H,7-10H2,1-2H3. The summed E-state index contributed by atoms with van der Waals surface area (Å²) < 4.78 is 0. The quantitative estimate of drug-likeness (QED) is 0.805. The van der Waals surface area contributed by atoms with Gasteiger partial charge in [-0.25, -0.2) is 0 Å². The van der Waals surface area contributed by atoms with Crippen molar-refractivity contribution in [3.63, 3.8) is 0 Å². The number of nitrogens with one attached hydrogen (secondary N) is 1. The number of hydrogen-bond acceptors (Lipinski definition) is 3. The Balaban J connectivity index is 1.98. The lowest BCUT2D eigenvalue weighted by Crippen LogP contribution is -2.26. The summed E-state index contributed by atoms with van der Waals surface area (Å²) in [6, 6.07) is 7.86. The molecule has 1 aromatic rings. The normalized spacial score (nSPS) is 19.3. The zero-order valence-corrected chi connectivity index (χ0v) is 10.6. The molecule has 0 aromatic heterocycles. The highest BCUT2D eigenvalue weighted by molar-refractivity contribution is 5.94. The summed E-state index contributed by atoms with van der Waals surface area (Å²) in [6.07, 6.45) is 1.26. The molecule has 0 aliphatic carbocycles. The van der Waals surface area contributed by atoms with Crippen LogP contribution in [0.4, 0.5) is 5.69 Å². The number of carbonyl (C=O) groups is 1. The third-order valence-corrected chi connectivity index (χ3v) is 3.41. The maximum absolute atomic E-state index is 11.2. The SMILES string of the molecule is CC(=O)c1ccc(N(C)CC2CCNC2)cc1. The van der Waals surface area contributed by atoms with Gasteiger partial charge in [-0.05, 0) is 56.6 Å². The van der Waals surface area contributed by atoms with E-state index in [0.717, 1.165) is 31.1 Å². The van der Waals surface area contributed by atoms with Gasteiger partial charge in [0.1, 0.15) is 0 Å². The van der Waals surface area contributed by atoms with Crippen molar-refractivity contribution in [1.29, 1.82) is 0 Å². The van der Waals surface area contributed by atoms with Gasteiger partial charge in [0.2, 0.25) is 0 Å². The van der Waals surface area contributed by atoms with E-state index in [1.165, 1.54) is 12.1 Å². The van der Waals surface area contributed by atoms with Crippen molar-refractivity contribution in [3.05, 3.63) is 29.8 Å². The van der Waals surface area contributed by atoms with Crippen LogP contribution >= 0.6 is 0 Å². The summed E-state index contributed by atoms with van der Waals surface area (Å²) in [6.45, 7) is 4.94. The van der Waals surface area contributed by atoms with E-state index in [4.69, 9.17) is 0 Å². The molecular formula is C14H20N2O. The van der Waals surface area contributed by atoms with Crippen molar-refractivity contribution in [2.24, 2.45) is 5.92 Å². The number of nitrogens with zero attached hydrogens (tertiary/aromatic N) is 1. The van der Waals surface area contributed by atoms with Crippen LogP contribution in [-0.4, -0.2) is 32.5 Å². The van der Waals surface area contributed by atoms with Crippen molar-refractivity contribution in [3.8, 4) is 0 Å². The zero-order chi connectivity index (χ0) is 12.3. The van der Waals surface area contributed by atoms with Crippen LogP contribution in [-0.2, 0) is 0 Å². The van der Waals surface area contributed by atoms with Gasteiger partial charge in [0, 0.05) is 24.8 Å². The van der Waals surface area contributed by atoms with E-state index in [0.29, 0.717) is 0 Å². The van der Waals surface area contributed by atoms with Crippen LogP contribution < -0.4 is 10.2 Å². The van der Waals surface area contributed by atoms with E-state index >= 15 is 0 Å². The third-order valence-electron chi connectivity index (χ3n) is 3.41. The smallest absolute Gasteiger partial charge is 0.159 e. The summed E-state index contributed by atoms with van der Waals surface area (Å²) in [4.78, 5) is 13.4. The van der Waals surface area contributed by atoms with E-state index < -0.39 is 0 Å². The molecule has 0 amide bonds. The fraction of sp³-hybridized carbons (Fsp3) is 0.500. The maximum atomic E-state index is 11.2. The molecule has 17 heavy (non-hydrogen) atoms. The van der Waals surface area contributed by atoms with Gasteiger partial charge in [0.15, 0.2) is 5.78 Å². The number of anilines is 1. The first kappa shape index (κ1) is 12.1. The van der Waals surface area contributed by atoms with Crippen LogP contribution in [0.1, 0.15) is 23.7 Å². The number of carbonyl (C=O) groups excluding carboxylic acids is 1. The molecule has 3 heteroatoms. The van der Waals surface area contributed by atoms with E-state index in [2.05, 4.69) is 17.3 Å². The summed E-state index contributed by atoms with van der Waals surface area (Å²) in [5.41, 5.74) is 1.96. The molecule has 0 radical (unpaired) electrons. The number of rotatable bonds is 4. The molecule has 0 bridgehead atoms.